The third kappa shape index (κ3) is 6.39. The minimum absolute atomic E-state index is 0.0400. The summed E-state index contributed by atoms with van der Waals surface area (Å²) in [6.45, 7) is 1.97. The molecule has 4 fully saturated rings. The summed E-state index contributed by atoms with van der Waals surface area (Å²) in [5, 5.41) is 0.488. The van der Waals surface area contributed by atoms with Crippen molar-refractivity contribution in [2.24, 2.45) is 11.3 Å². The molecule has 2 N–H and O–H groups in total. The molecule has 8 heteroatoms. The highest BCUT2D eigenvalue weighted by Gasteiger charge is 2.50. The van der Waals surface area contributed by atoms with Crippen LogP contribution in [0.1, 0.15) is 103 Å². The van der Waals surface area contributed by atoms with Crippen LogP contribution in [0.5, 0.6) is 17.2 Å². The molecule has 7 nitrogen and oxygen atoms in total. The molecule has 0 bridgehead atoms. The smallest absolute Gasteiger partial charge is 0.262 e. The maximum atomic E-state index is 14.3. The van der Waals surface area contributed by atoms with Gasteiger partial charge in [-0.2, -0.15) is 11.8 Å². The van der Waals surface area contributed by atoms with Crippen molar-refractivity contribution in [3.05, 3.63) is 18.2 Å². The molecule has 222 valence electrons. The number of hydrogen-bond acceptors (Lipinski definition) is 7. The van der Waals surface area contributed by atoms with E-state index in [9.17, 15) is 4.79 Å². The van der Waals surface area contributed by atoms with E-state index in [1.54, 1.807) is 0 Å². The number of ether oxygens (including phenoxy) is 3. The Balaban J connectivity index is 1.21. The number of hydrogen-bond donors (Lipinski definition) is 2. The fourth-order valence-electron chi connectivity index (χ4n) is 8.09. The zero-order valence-corrected chi connectivity index (χ0v) is 25.0. The molecular formula is C32H49N3O4S. The minimum Gasteiger partial charge on any atom is -0.484 e. The summed E-state index contributed by atoms with van der Waals surface area (Å²) in [6, 6.07) is 5.57. The van der Waals surface area contributed by atoms with Crippen LogP contribution in [0.15, 0.2) is 18.2 Å². The zero-order valence-electron chi connectivity index (χ0n) is 24.2. The summed E-state index contributed by atoms with van der Waals surface area (Å²) < 4.78 is 17.1. The maximum Gasteiger partial charge on any atom is 0.262 e. The van der Waals surface area contributed by atoms with Gasteiger partial charge >= 0.3 is 0 Å². The summed E-state index contributed by atoms with van der Waals surface area (Å²) in [6.07, 6.45) is 20.7. The van der Waals surface area contributed by atoms with Crippen LogP contribution in [0.4, 0.5) is 0 Å². The SMILES string of the molecule is O=C(COc1ccc2c(c1)OCO2)N(CC1CC2(CCCCCCC2)CS1)C1(C2CCCCCCC2)CCNN1. The van der Waals surface area contributed by atoms with Crippen LogP contribution in [0, 0.1) is 11.3 Å². The van der Waals surface area contributed by atoms with E-state index < -0.39 is 0 Å². The number of hydrazine groups is 1. The van der Waals surface area contributed by atoms with Crippen molar-refractivity contribution in [3.8, 4) is 17.2 Å². The zero-order chi connectivity index (χ0) is 27.3. The number of amides is 1. The Morgan fingerprint density at radius 3 is 2.42 bits per heavy atom. The van der Waals surface area contributed by atoms with E-state index in [-0.39, 0.29) is 25.0 Å². The first-order valence-corrected chi connectivity index (χ1v) is 17.2. The van der Waals surface area contributed by atoms with Gasteiger partial charge in [0.15, 0.2) is 18.1 Å². The van der Waals surface area contributed by atoms with Gasteiger partial charge in [-0.1, -0.05) is 64.2 Å². The summed E-state index contributed by atoms with van der Waals surface area (Å²) in [5.41, 5.74) is 7.31. The van der Waals surface area contributed by atoms with Crippen molar-refractivity contribution in [1.29, 1.82) is 0 Å². The second-order valence-corrected chi connectivity index (χ2v) is 14.3. The summed E-state index contributed by atoms with van der Waals surface area (Å²) in [7, 11) is 0. The van der Waals surface area contributed by atoms with Crippen molar-refractivity contribution in [2.75, 3.05) is 32.2 Å². The number of nitrogens with zero attached hydrogens (tertiary/aromatic N) is 1. The average Bonchev–Trinajstić information content (AvgIpc) is 3.69. The second kappa shape index (κ2) is 13.1. The predicted octanol–water partition coefficient (Wildman–Crippen LogP) is 6.41. The molecule has 5 aliphatic rings. The Labute approximate surface area is 244 Å². The van der Waals surface area contributed by atoms with Crippen molar-refractivity contribution < 1.29 is 19.0 Å². The minimum atomic E-state index is -0.343. The molecule has 1 aromatic rings. The van der Waals surface area contributed by atoms with Gasteiger partial charge in [0.05, 0.1) is 0 Å². The van der Waals surface area contributed by atoms with Crippen LogP contribution < -0.4 is 25.1 Å². The Hall–Kier alpha value is -1.64. The summed E-state index contributed by atoms with van der Waals surface area (Å²) in [4.78, 5) is 16.5. The van der Waals surface area contributed by atoms with Gasteiger partial charge in [0, 0.05) is 24.4 Å². The van der Waals surface area contributed by atoms with Gasteiger partial charge in [0.25, 0.3) is 5.91 Å². The van der Waals surface area contributed by atoms with Crippen LogP contribution in [0.2, 0.25) is 0 Å². The number of carbonyl (C=O) groups is 1. The van der Waals surface area contributed by atoms with Gasteiger partial charge in [-0.25, -0.2) is 5.43 Å². The molecular weight excluding hydrogens is 522 g/mol. The molecule has 2 atom stereocenters. The molecule has 6 rings (SSSR count). The fourth-order valence-corrected chi connectivity index (χ4v) is 9.81. The molecule has 40 heavy (non-hydrogen) atoms. The van der Waals surface area contributed by atoms with Crippen LogP contribution in [-0.2, 0) is 4.79 Å². The number of carbonyl (C=O) groups excluding carboxylic acids is 1. The number of nitrogens with one attached hydrogen (secondary N) is 2. The van der Waals surface area contributed by atoms with Crippen molar-refractivity contribution in [2.45, 2.75) is 114 Å². The lowest BCUT2D eigenvalue weighted by molar-refractivity contribution is -0.145. The van der Waals surface area contributed by atoms with Gasteiger partial charge in [-0.05, 0) is 67.7 Å². The highest BCUT2D eigenvalue weighted by molar-refractivity contribution is 8.00. The lowest BCUT2D eigenvalue weighted by Crippen LogP contribution is -2.65. The molecule has 2 unspecified atom stereocenters. The van der Waals surface area contributed by atoms with Gasteiger partial charge in [-0.15, -0.1) is 0 Å². The number of fused-ring (bicyclic) bond motifs is 1. The molecule has 1 spiro atoms. The van der Waals surface area contributed by atoms with E-state index in [4.69, 9.17) is 14.2 Å². The van der Waals surface area contributed by atoms with Crippen LogP contribution >= 0.6 is 11.8 Å². The van der Waals surface area contributed by atoms with E-state index in [1.165, 1.54) is 102 Å². The fraction of sp³-hybridized carbons (Fsp3) is 0.781. The largest absolute Gasteiger partial charge is 0.484 e. The molecule has 3 aliphatic heterocycles. The van der Waals surface area contributed by atoms with E-state index in [0.717, 1.165) is 25.3 Å². The first kappa shape index (κ1) is 28.5. The topological polar surface area (TPSA) is 72.1 Å². The first-order valence-electron chi connectivity index (χ1n) is 16.1. The van der Waals surface area contributed by atoms with E-state index in [0.29, 0.717) is 28.1 Å². The Kier molecular flexibility index (Phi) is 9.34. The lowest BCUT2D eigenvalue weighted by Gasteiger charge is -2.47. The van der Waals surface area contributed by atoms with E-state index in [2.05, 4.69) is 27.5 Å². The number of rotatable bonds is 7. The Morgan fingerprint density at radius 2 is 1.68 bits per heavy atom. The highest BCUT2D eigenvalue weighted by Crippen LogP contribution is 2.50. The van der Waals surface area contributed by atoms with Crippen LogP contribution in [0.25, 0.3) is 0 Å². The van der Waals surface area contributed by atoms with Gasteiger partial charge in [0.2, 0.25) is 6.79 Å². The number of thioether (sulfide) groups is 1. The quantitative estimate of drug-likeness (QED) is 0.392. The van der Waals surface area contributed by atoms with Gasteiger partial charge in [-0.3, -0.25) is 10.2 Å². The van der Waals surface area contributed by atoms with Crippen LogP contribution in [-0.4, -0.2) is 54.0 Å². The monoisotopic (exact) mass is 571 g/mol. The Morgan fingerprint density at radius 1 is 0.950 bits per heavy atom. The second-order valence-electron chi connectivity index (χ2n) is 13.0. The Bertz CT molecular complexity index is 984. The first-order chi connectivity index (χ1) is 19.7. The van der Waals surface area contributed by atoms with Crippen molar-refractivity contribution in [3.63, 3.8) is 0 Å². The van der Waals surface area contributed by atoms with E-state index >= 15 is 0 Å². The molecule has 1 aromatic carbocycles. The molecule has 3 heterocycles. The molecule has 2 saturated heterocycles. The lowest BCUT2D eigenvalue weighted by atomic mass is 9.74. The van der Waals surface area contributed by atoms with E-state index in [1.807, 2.05) is 18.2 Å². The number of benzene rings is 1. The molecule has 2 saturated carbocycles. The summed E-state index contributed by atoms with van der Waals surface area (Å²) in [5.74, 6) is 3.87. The summed E-state index contributed by atoms with van der Waals surface area (Å²) >= 11 is 2.14. The molecule has 0 aromatic heterocycles. The normalized spacial score (nSPS) is 28.9. The highest BCUT2D eigenvalue weighted by atomic mass is 32.2. The van der Waals surface area contributed by atoms with Gasteiger partial charge in [0.1, 0.15) is 11.4 Å². The van der Waals surface area contributed by atoms with Crippen molar-refractivity contribution >= 4 is 17.7 Å². The predicted molar refractivity (Wildman–Crippen MR) is 160 cm³/mol. The maximum absolute atomic E-state index is 14.3. The standard InChI is InChI=1S/C32H49N3O4S/c36-30(22-37-26-13-14-28-29(19-26)39-24-38-28)35(21-27-20-31(23-40-27)15-9-5-2-6-10-16-31)32(17-18-33-34-32)25-11-7-3-1-4-8-12-25/h13-14,19,25,27,33-34H,1-12,15-18,20-24H2. The molecule has 1 amide bonds. The van der Waals surface area contributed by atoms with Gasteiger partial charge < -0.3 is 19.1 Å². The van der Waals surface area contributed by atoms with Crippen molar-refractivity contribution in [1.82, 2.24) is 15.8 Å². The molecule has 2 aliphatic carbocycles. The molecule has 0 radical (unpaired) electrons. The van der Waals surface area contributed by atoms with Crippen LogP contribution in [0.3, 0.4) is 0 Å². The third-order valence-corrected chi connectivity index (χ3v) is 11.9. The third-order valence-electron chi connectivity index (χ3n) is 10.3. The average molecular weight is 572 g/mol.